The molecule has 0 saturated carbocycles. The quantitative estimate of drug-likeness (QED) is 0.382. The number of ether oxygens (including phenoxy) is 3. The van der Waals surface area contributed by atoms with Crippen LogP contribution in [0.25, 0.3) is 0 Å². The predicted molar refractivity (Wildman–Crippen MR) is 123 cm³/mol. The molecule has 2 aromatic carbocycles. The van der Waals surface area contributed by atoms with Crippen molar-refractivity contribution in [3.63, 3.8) is 0 Å². The number of rotatable bonds is 11. The van der Waals surface area contributed by atoms with Gasteiger partial charge in [-0.1, -0.05) is 67.6 Å². The Labute approximate surface area is 198 Å². The van der Waals surface area contributed by atoms with Crippen molar-refractivity contribution in [2.45, 2.75) is 38.5 Å². The monoisotopic (exact) mass is 470 g/mol. The summed E-state index contributed by atoms with van der Waals surface area (Å²) in [6.45, 7) is 1.61. The van der Waals surface area contributed by atoms with Crippen LogP contribution in [0.15, 0.2) is 60.7 Å². The van der Waals surface area contributed by atoms with E-state index in [1.165, 1.54) is 14.2 Å². The Morgan fingerprint density at radius 3 is 1.88 bits per heavy atom. The molecule has 9 nitrogen and oxygen atoms in total. The van der Waals surface area contributed by atoms with Gasteiger partial charge in [-0.25, -0.2) is 9.59 Å². The highest BCUT2D eigenvalue weighted by molar-refractivity contribution is 5.90. The third kappa shape index (κ3) is 8.57. The van der Waals surface area contributed by atoms with Crippen molar-refractivity contribution in [3.8, 4) is 0 Å². The number of carbonyl (C=O) groups is 4. The van der Waals surface area contributed by atoms with Crippen LogP contribution >= 0.6 is 0 Å². The van der Waals surface area contributed by atoms with Gasteiger partial charge in [0.15, 0.2) is 0 Å². The molecule has 0 fully saturated rings. The maximum Gasteiger partial charge on any atom is 0.408 e. The Bertz CT molecular complexity index is 950. The lowest BCUT2D eigenvalue weighted by Crippen LogP contribution is -2.53. The lowest BCUT2D eigenvalue weighted by molar-refractivity contribution is -0.149. The van der Waals surface area contributed by atoms with Crippen LogP contribution in [0.5, 0.6) is 0 Å². The highest BCUT2D eigenvalue weighted by Gasteiger charge is 2.31. The topological polar surface area (TPSA) is 120 Å². The van der Waals surface area contributed by atoms with Gasteiger partial charge in [0, 0.05) is 6.42 Å². The average Bonchev–Trinajstić information content (AvgIpc) is 2.86. The summed E-state index contributed by atoms with van der Waals surface area (Å²) in [6.07, 6.45) is -0.646. The van der Waals surface area contributed by atoms with Crippen LogP contribution in [-0.4, -0.2) is 50.2 Å². The number of nitrogens with one attached hydrogen (secondary N) is 2. The maximum absolute atomic E-state index is 13.1. The molecule has 0 aliphatic rings. The molecule has 2 amide bonds. The lowest BCUT2D eigenvalue weighted by atomic mass is 10.0. The fourth-order valence-corrected chi connectivity index (χ4v) is 3.25. The molecule has 0 aliphatic heterocycles. The largest absolute Gasteiger partial charge is 0.469 e. The number of hydrogen-bond acceptors (Lipinski definition) is 7. The van der Waals surface area contributed by atoms with Gasteiger partial charge in [0.05, 0.1) is 20.1 Å². The zero-order valence-electron chi connectivity index (χ0n) is 19.5. The van der Waals surface area contributed by atoms with Crippen molar-refractivity contribution in [1.82, 2.24) is 10.6 Å². The van der Waals surface area contributed by atoms with Gasteiger partial charge in [0.2, 0.25) is 5.91 Å². The standard InChI is InChI=1S/C25H30N2O7/c1-17(23(29)32-2)14-21(24(30)33-3)26-22(28)20(15-18-10-6-4-7-11-18)27-25(31)34-16-19-12-8-5-9-13-19/h4-13,17,20-21H,14-16H2,1-3H3,(H,26,28)(H,27,31)/t17-,20+,21+/m1/s1. The van der Waals surface area contributed by atoms with Crippen LogP contribution in [0.4, 0.5) is 4.79 Å². The molecule has 0 bridgehead atoms. The van der Waals surface area contributed by atoms with Crippen molar-refractivity contribution >= 4 is 23.9 Å². The molecule has 182 valence electrons. The van der Waals surface area contributed by atoms with E-state index in [1.807, 2.05) is 60.7 Å². The minimum absolute atomic E-state index is 0.0262. The summed E-state index contributed by atoms with van der Waals surface area (Å²) in [5, 5.41) is 5.15. The van der Waals surface area contributed by atoms with Crippen LogP contribution in [0, 0.1) is 5.92 Å². The summed E-state index contributed by atoms with van der Waals surface area (Å²) >= 11 is 0. The molecule has 0 aliphatic carbocycles. The molecule has 34 heavy (non-hydrogen) atoms. The van der Waals surface area contributed by atoms with Gasteiger partial charge >= 0.3 is 18.0 Å². The van der Waals surface area contributed by atoms with Crippen molar-refractivity contribution < 1.29 is 33.4 Å². The maximum atomic E-state index is 13.1. The first kappa shape index (κ1) is 26.4. The number of hydrogen-bond donors (Lipinski definition) is 2. The van der Waals surface area contributed by atoms with E-state index in [4.69, 9.17) is 14.2 Å². The van der Waals surface area contributed by atoms with Gasteiger partial charge in [-0.2, -0.15) is 0 Å². The van der Waals surface area contributed by atoms with Gasteiger partial charge in [0.1, 0.15) is 18.7 Å². The van der Waals surface area contributed by atoms with Crippen molar-refractivity contribution in [3.05, 3.63) is 71.8 Å². The van der Waals surface area contributed by atoms with E-state index >= 15 is 0 Å². The Balaban J connectivity index is 2.11. The summed E-state index contributed by atoms with van der Waals surface area (Å²) in [6, 6.07) is 16.1. The second kappa shape index (κ2) is 13.6. The highest BCUT2D eigenvalue weighted by Crippen LogP contribution is 2.11. The number of alkyl carbamates (subject to hydrolysis) is 1. The van der Waals surface area contributed by atoms with Gasteiger partial charge in [-0.05, 0) is 17.5 Å². The Morgan fingerprint density at radius 1 is 0.765 bits per heavy atom. The number of carbonyl (C=O) groups excluding carboxylic acids is 4. The molecule has 0 unspecified atom stereocenters. The van der Waals surface area contributed by atoms with Gasteiger partial charge in [-0.3, -0.25) is 9.59 Å². The minimum Gasteiger partial charge on any atom is -0.469 e. The van der Waals surface area contributed by atoms with E-state index in [0.29, 0.717) is 0 Å². The zero-order valence-corrected chi connectivity index (χ0v) is 19.5. The van der Waals surface area contributed by atoms with Crippen LogP contribution in [0.1, 0.15) is 24.5 Å². The minimum atomic E-state index is -1.10. The molecular formula is C25H30N2O7. The van der Waals surface area contributed by atoms with Crippen molar-refractivity contribution in [1.29, 1.82) is 0 Å². The molecule has 0 radical (unpaired) electrons. The molecule has 0 spiro atoms. The highest BCUT2D eigenvalue weighted by atomic mass is 16.5. The van der Waals surface area contributed by atoms with E-state index in [-0.39, 0.29) is 19.4 Å². The Kier molecular flexibility index (Phi) is 10.6. The van der Waals surface area contributed by atoms with Gasteiger partial charge in [0.25, 0.3) is 0 Å². The zero-order chi connectivity index (χ0) is 24.9. The van der Waals surface area contributed by atoms with Gasteiger partial charge in [-0.15, -0.1) is 0 Å². The van der Waals surface area contributed by atoms with E-state index in [0.717, 1.165) is 11.1 Å². The molecule has 0 heterocycles. The molecule has 2 aromatic rings. The van der Waals surface area contributed by atoms with E-state index < -0.39 is 41.9 Å². The van der Waals surface area contributed by atoms with E-state index in [1.54, 1.807) is 6.92 Å². The van der Waals surface area contributed by atoms with Crippen LogP contribution in [0.3, 0.4) is 0 Å². The summed E-state index contributed by atoms with van der Waals surface area (Å²) in [5.41, 5.74) is 1.59. The van der Waals surface area contributed by atoms with E-state index in [2.05, 4.69) is 10.6 Å². The number of benzene rings is 2. The fourth-order valence-electron chi connectivity index (χ4n) is 3.25. The number of methoxy groups -OCH3 is 2. The molecule has 0 aromatic heterocycles. The second-order valence-corrected chi connectivity index (χ2v) is 7.69. The first-order valence-corrected chi connectivity index (χ1v) is 10.8. The fraction of sp³-hybridized carbons (Fsp3) is 0.360. The number of amides is 2. The van der Waals surface area contributed by atoms with Crippen LogP contribution < -0.4 is 10.6 Å². The molecule has 2 rings (SSSR count). The molecule has 3 atom stereocenters. The first-order valence-electron chi connectivity index (χ1n) is 10.8. The van der Waals surface area contributed by atoms with E-state index in [9.17, 15) is 19.2 Å². The molecule has 9 heteroatoms. The third-order valence-electron chi connectivity index (χ3n) is 5.10. The summed E-state index contributed by atoms with van der Waals surface area (Å²) in [7, 11) is 2.43. The first-order chi connectivity index (χ1) is 16.3. The number of esters is 2. The smallest absolute Gasteiger partial charge is 0.408 e. The summed E-state index contributed by atoms with van der Waals surface area (Å²) in [5.74, 6) is -2.51. The molecular weight excluding hydrogens is 440 g/mol. The van der Waals surface area contributed by atoms with Gasteiger partial charge < -0.3 is 24.8 Å². The SMILES string of the molecule is COC(=O)[C@H](C)C[C@H](NC(=O)[C@H](Cc1ccccc1)NC(=O)OCc1ccccc1)C(=O)OC. The lowest BCUT2D eigenvalue weighted by Gasteiger charge is -2.23. The van der Waals surface area contributed by atoms with Crippen molar-refractivity contribution in [2.75, 3.05) is 14.2 Å². The second-order valence-electron chi connectivity index (χ2n) is 7.69. The predicted octanol–water partition coefficient (Wildman–Crippen LogP) is 2.38. The van der Waals surface area contributed by atoms with Crippen LogP contribution in [-0.2, 0) is 41.6 Å². The normalized spacial score (nSPS) is 13.0. The average molecular weight is 471 g/mol. The Morgan fingerprint density at radius 2 is 1.32 bits per heavy atom. The Hall–Kier alpha value is -3.88. The van der Waals surface area contributed by atoms with Crippen LogP contribution in [0.2, 0.25) is 0 Å². The van der Waals surface area contributed by atoms with Crippen molar-refractivity contribution in [2.24, 2.45) is 5.92 Å². The summed E-state index contributed by atoms with van der Waals surface area (Å²) in [4.78, 5) is 49.6. The summed E-state index contributed by atoms with van der Waals surface area (Å²) < 4.78 is 14.7. The molecule has 0 saturated heterocycles. The molecule has 2 N–H and O–H groups in total. The third-order valence-corrected chi connectivity index (χ3v) is 5.10.